The highest BCUT2D eigenvalue weighted by atomic mass is 35.5. The van der Waals surface area contributed by atoms with E-state index in [-0.39, 0.29) is 28.1 Å². The number of nitrogens with zero attached hydrogens (tertiary/aromatic N) is 2. The maximum atomic E-state index is 12.7. The Balaban J connectivity index is 1.95. The second-order valence-electron chi connectivity index (χ2n) is 7.41. The van der Waals surface area contributed by atoms with Crippen LogP contribution in [-0.2, 0) is 21.1 Å². The summed E-state index contributed by atoms with van der Waals surface area (Å²) in [5, 5.41) is 5.64. The van der Waals surface area contributed by atoms with Crippen LogP contribution in [0.1, 0.15) is 19.4 Å². The van der Waals surface area contributed by atoms with Gasteiger partial charge in [0.2, 0.25) is 11.9 Å². The van der Waals surface area contributed by atoms with E-state index in [1.54, 1.807) is 50.2 Å². The number of nitrogens with one attached hydrogen (secondary N) is 2. The summed E-state index contributed by atoms with van der Waals surface area (Å²) in [4.78, 5) is 20.0. The third kappa shape index (κ3) is 5.71. The number of sulfone groups is 1. The summed E-state index contributed by atoms with van der Waals surface area (Å²) in [6, 6.07) is 11.7. The number of anilines is 4. The van der Waals surface area contributed by atoms with E-state index in [0.29, 0.717) is 22.7 Å². The van der Waals surface area contributed by atoms with Crippen LogP contribution in [-0.4, -0.2) is 36.7 Å². The third-order valence-corrected chi connectivity index (χ3v) is 7.19. The number of rotatable bonds is 9. The number of hydrogen-bond donors (Lipinski definition) is 3. The summed E-state index contributed by atoms with van der Waals surface area (Å²) in [5.41, 5.74) is 6.84. The first-order valence-corrected chi connectivity index (χ1v) is 11.9. The molecule has 0 bridgehead atoms. The minimum Gasteiger partial charge on any atom is -0.495 e. The van der Waals surface area contributed by atoms with Crippen LogP contribution in [0.2, 0.25) is 5.02 Å². The zero-order valence-corrected chi connectivity index (χ0v) is 19.9. The van der Waals surface area contributed by atoms with Crippen LogP contribution in [0.15, 0.2) is 53.6 Å². The zero-order chi connectivity index (χ0) is 24.2. The lowest BCUT2D eigenvalue weighted by atomic mass is 10.1. The van der Waals surface area contributed by atoms with Crippen LogP contribution in [0.4, 0.5) is 23.1 Å². The summed E-state index contributed by atoms with van der Waals surface area (Å²) in [5.74, 6) is 0.438. The van der Waals surface area contributed by atoms with Gasteiger partial charge in [-0.25, -0.2) is 13.4 Å². The van der Waals surface area contributed by atoms with Crippen molar-refractivity contribution in [2.24, 2.45) is 5.73 Å². The number of carbonyl (C=O) groups is 1. The number of amides is 1. The van der Waals surface area contributed by atoms with Crippen LogP contribution >= 0.6 is 11.6 Å². The lowest BCUT2D eigenvalue weighted by Gasteiger charge is -2.16. The Morgan fingerprint density at radius 3 is 2.55 bits per heavy atom. The molecule has 33 heavy (non-hydrogen) atoms. The van der Waals surface area contributed by atoms with Crippen molar-refractivity contribution in [3.8, 4) is 5.75 Å². The van der Waals surface area contributed by atoms with E-state index in [4.69, 9.17) is 22.1 Å². The topological polar surface area (TPSA) is 136 Å². The van der Waals surface area contributed by atoms with Gasteiger partial charge < -0.3 is 21.1 Å². The van der Waals surface area contributed by atoms with Crippen molar-refractivity contribution in [1.29, 1.82) is 0 Å². The van der Waals surface area contributed by atoms with Crippen molar-refractivity contribution in [2.45, 2.75) is 30.4 Å². The van der Waals surface area contributed by atoms with E-state index in [0.717, 1.165) is 0 Å². The molecule has 0 spiro atoms. The summed E-state index contributed by atoms with van der Waals surface area (Å²) in [6.45, 7) is 3.23. The number of hydrogen-bond acceptors (Lipinski definition) is 8. The molecule has 11 heteroatoms. The molecule has 3 rings (SSSR count). The Morgan fingerprint density at radius 1 is 1.15 bits per heavy atom. The highest BCUT2D eigenvalue weighted by Gasteiger charge is 2.23. The van der Waals surface area contributed by atoms with Crippen LogP contribution in [0.3, 0.4) is 0 Å². The summed E-state index contributed by atoms with van der Waals surface area (Å²) >= 11 is 6.28. The fraction of sp³-hybridized carbons (Fsp3) is 0.227. The molecule has 174 valence electrons. The first-order valence-electron chi connectivity index (χ1n) is 9.96. The van der Waals surface area contributed by atoms with Crippen molar-refractivity contribution in [2.75, 3.05) is 17.7 Å². The number of nitrogens with two attached hydrogens (primary N) is 1. The Bertz CT molecular complexity index is 1280. The van der Waals surface area contributed by atoms with Gasteiger partial charge >= 0.3 is 0 Å². The molecule has 0 radical (unpaired) electrons. The molecule has 3 aromatic rings. The van der Waals surface area contributed by atoms with Gasteiger partial charge in [-0.1, -0.05) is 29.8 Å². The minimum atomic E-state index is -3.54. The molecule has 1 amide bonds. The van der Waals surface area contributed by atoms with Crippen molar-refractivity contribution in [3.05, 3.63) is 59.2 Å². The zero-order valence-electron chi connectivity index (χ0n) is 18.3. The van der Waals surface area contributed by atoms with E-state index in [1.165, 1.54) is 19.4 Å². The van der Waals surface area contributed by atoms with Crippen molar-refractivity contribution < 1.29 is 17.9 Å². The second-order valence-corrected chi connectivity index (χ2v) is 10.3. The molecule has 0 saturated heterocycles. The fourth-order valence-corrected chi connectivity index (χ4v) is 4.34. The average Bonchev–Trinajstić information content (AvgIpc) is 2.76. The Hall–Kier alpha value is -3.37. The van der Waals surface area contributed by atoms with Gasteiger partial charge in [-0.3, -0.25) is 4.79 Å². The van der Waals surface area contributed by atoms with Gasteiger partial charge in [0.05, 0.1) is 41.2 Å². The number of benzene rings is 2. The lowest BCUT2D eigenvalue weighted by molar-refractivity contribution is -0.117. The quantitative estimate of drug-likeness (QED) is 0.412. The van der Waals surface area contributed by atoms with Gasteiger partial charge in [-0.05, 0) is 43.7 Å². The number of ether oxygens (including phenoxy) is 1. The largest absolute Gasteiger partial charge is 0.495 e. The number of methoxy groups -OCH3 is 1. The van der Waals surface area contributed by atoms with Crippen LogP contribution in [0, 0.1) is 0 Å². The molecular weight excluding hydrogens is 466 g/mol. The number of carbonyl (C=O) groups excluding carboxylic acids is 1. The van der Waals surface area contributed by atoms with Crippen LogP contribution in [0.5, 0.6) is 5.75 Å². The number of para-hydroxylation sites is 1. The Kier molecular flexibility index (Phi) is 7.39. The Labute approximate surface area is 197 Å². The summed E-state index contributed by atoms with van der Waals surface area (Å²) < 4.78 is 30.9. The van der Waals surface area contributed by atoms with Gasteiger partial charge in [0.1, 0.15) is 10.8 Å². The molecule has 1 heterocycles. The molecule has 0 atom stereocenters. The SMILES string of the molecule is COc1ccc(CC(N)=O)cc1Nc1ncc(Cl)c(Nc2ccccc2S(=O)(=O)C(C)C)n1. The van der Waals surface area contributed by atoms with Crippen LogP contribution in [0.25, 0.3) is 0 Å². The highest BCUT2D eigenvalue weighted by Crippen LogP contribution is 2.32. The normalized spacial score (nSPS) is 11.3. The molecule has 0 saturated carbocycles. The lowest BCUT2D eigenvalue weighted by Crippen LogP contribution is -2.15. The van der Waals surface area contributed by atoms with Crippen molar-refractivity contribution in [1.82, 2.24) is 9.97 Å². The van der Waals surface area contributed by atoms with E-state index in [2.05, 4.69) is 20.6 Å². The number of halogens is 1. The van der Waals surface area contributed by atoms with Crippen LogP contribution < -0.4 is 21.1 Å². The van der Waals surface area contributed by atoms with E-state index in [9.17, 15) is 13.2 Å². The molecule has 0 aliphatic carbocycles. The average molecular weight is 490 g/mol. The molecule has 2 aromatic carbocycles. The second kappa shape index (κ2) is 10.1. The van der Waals surface area contributed by atoms with Crippen molar-refractivity contribution in [3.63, 3.8) is 0 Å². The molecule has 0 unspecified atom stereocenters. The predicted octanol–water partition coefficient (Wildman–Crippen LogP) is 3.84. The summed E-state index contributed by atoms with van der Waals surface area (Å²) in [6.07, 6.45) is 1.45. The Morgan fingerprint density at radius 2 is 1.88 bits per heavy atom. The van der Waals surface area contributed by atoms with E-state index < -0.39 is 21.0 Å². The number of aromatic nitrogens is 2. The summed E-state index contributed by atoms with van der Waals surface area (Å²) in [7, 11) is -2.03. The van der Waals surface area contributed by atoms with Gasteiger partial charge in [0.15, 0.2) is 15.7 Å². The minimum absolute atomic E-state index is 0.0636. The predicted molar refractivity (Wildman–Crippen MR) is 128 cm³/mol. The van der Waals surface area contributed by atoms with Gasteiger partial charge in [0.25, 0.3) is 0 Å². The standard InChI is InChI=1S/C22H24ClN5O4S/c1-13(2)33(30,31)19-7-5-4-6-16(19)26-21-15(23)12-25-22(28-21)27-17-10-14(11-20(24)29)8-9-18(17)32-3/h4-10,12-13H,11H2,1-3H3,(H2,24,29)(H2,25,26,27,28). The van der Waals surface area contributed by atoms with Gasteiger partial charge in [-0.2, -0.15) is 4.98 Å². The van der Waals surface area contributed by atoms with E-state index >= 15 is 0 Å². The van der Waals surface area contributed by atoms with E-state index in [1.807, 2.05) is 0 Å². The molecular formula is C22H24ClN5O4S. The maximum absolute atomic E-state index is 12.7. The molecule has 0 fully saturated rings. The van der Waals surface area contributed by atoms with Gasteiger partial charge in [-0.15, -0.1) is 0 Å². The first-order chi connectivity index (χ1) is 15.6. The monoisotopic (exact) mass is 489 g/mol. The molecule has 1 aromatic heterocycles. The van der Waals surface area contributed by atoms with Crippen molar-refractivity contribution >= 4 is 50.5 Å². The third-order valence-electron chi connectivity index (χ3n) is 4.70. The molecule has 0 aliphatic heterocycles. The highest BCUT2D eigenvalue weighted by molar-refractivity contribution is 7.92. The number of primary amides is 1. The first kappa shape index (κ1) is 24.3. The maximum Gasteiger partial charge on any atom is 0.229 e. The molecule has 9 nitrogen and oxygen atoms in total. The molecule has 4 N–H and O–H groups in total. The molecule has 0 aliphatic rings. The fourth-order valence-electron chi connectivity index (χ4n) is 3.00. The smallest absolute Gasteiger partial charge is 0.229 e. The van der Waals surface area contributed by atoms with Gasteiger partial charge in [0, 0.05) is 0 Å².